The molecule has 0 radical (unpaired) electrons. The van der Waals surface area contributed by atoms with Gasteiger partial charge in [0.1, 0.15) is 5.82 Å². The predicted octanol–water partition coefficient (Wildman–Crippen LogP) is 2.25. The number of hydrogen-bond acceptors (Lipinski definition) is 2. The molecule has 1 aliphatic carbocycles. The number of halogens is 2. The van der Waals surface area contributed by atoms with Gasteiger partial charge in [0, 0.05) is 17.6 Å². The van der Waals surface area contributed by atoms with E-state index < -0.39 is 0 Å². The quantitative estimate of drug-likeness (QED) is 0.868. The summed E-state index contributed by atoms with van der Waals surface area (Å²) in [6.07, 6.45) is 3.69. The summed E-state index contributed by atoms with van der Waals surface area (Å²) in [5, 5.41) is 2.92. The van der Waals surface area contributed by atoms with Gasteiger partial charge in [-0.2, -0.15) is 0 Å². The largest absolute Gasteiger partial charge is 0.349 e. The molecule has 1 aromatic carbocycles. The minimum absolute atomic E-state index is 0. The molecule has 100 valence electrons. The van der Waals surface area contributed by atoms with Crippen LogP contribution in [0.3, 0.4) is 0 Å². The highest BCUT2D eigenvalue weighted by Gasteiger charge is 2.20. The van der Waals surface area contributed by atoms with Crippen LogP contribution in [0.1, 0.15) is 36.0 Å². The molecule has 0 bridgehead atoms. The van der Waals surface area contributed by atoms with Crippen LogP contribution < -0.4 is 11.1 Å². The summed E-state index contributed by atoms with van der Waals surface area (Å²) in [7, 11) is 0. The molecule has 0 aliphatic heterocycles. The molecule has 0 saturated heterocycles. The molecule has 18 heavy (non-hydrogen) atoms. The maximum absolute atomic E-state index is 13.0. The zero-order chi connectivity index (χ0) is 12.3. The predicted molar refractivity (Wildman–Crippen MR) is 71.3 cm³/mol. The van der Waals surface area contributed by atoms with Crippen molar-refractivity contribution in [1.82, 2.24) is 5.32 Å². The second kappa shape index (κ2) is 6.71. The van der Waals surface area contributed by atoms with Gasteiger partial charge in [0.05, 0.1) is 0 Å². The van der Waals surface area contributed by atoms with Gasteiger partial charge in [-0.1, -0.05) is 6.07 Å². The third-order valence-electron chi connectivity index (χ3n) is 3.19. The lowest BCUT2D eigenvalue weighted by molar-refractivity contribution is 0.0925. The van der Waals surface area contributed by atoms with Crippen LogP contribution in [0, 0.1) is 5.82 Å². The number of hydrogen-bond donors (Lipinski definition) is 2. The van der Waals surface area contributed by atoms with Crippen molar-refractivity contribution < 1.29 is 9.18 Å². The molecular weight excluding hydrogens is 255 g/mol. The first-order valence-electron chi connectivity index (χ1n) is 5.97. The van der Waals surface area contributed by atoms with E-state index in [1.54, 1.807) is 12.1 Å². The molecule has 1 aliphatic rings. The maximum Gasteiger partial charge on any atom is 0.251 e. The van der Waals surface area contributed by atoms with Crippen LogP contribution in [0.4, 0.5) is 4.39 Å². The Hall–Kier alpha value is -1.13. The Balaban J connectivity index is 0.00000162. The van der Waals surface area contributed by atoms with E-state index in [0.29, 0.717) is 5.56 Å². The summed E-state index contributed by atoms with van der Waals surface area (Å²) in [6, 6.07) is 6.18. The van der Waals surface area contributed by atoms with Gasteiger partial charge < -0.3 is 11.1 Å². The average molecular weight is 273 g/mol. The second-order valence-electron chi connectivity index (χ2n) is 4.60. The van der Waals surface area contributed by atoms with Crippen molar-refractivity contribution in [1.29, 1.82) is 0 Å². The number of nitrogens with two attached hydrogens (primary N) is 1. The van der Waals surface area contributed by atoms with Gasteiger partial charge in [0.15, 0.2) is 0 Å². The molecule has 0 unspecified atom stereocenters. The molecule has 1 amide bonds. The summed E-state index contributed by atoms with van der Waals surface area (Å²) in [5.41, 5.74) is 6.17. The molecule has 5 heteroatoms. The number of nitrogens with one attached hydrogen (secondary N) is 1. The maximum atomic E-state index is 13.0. The smallest absolute Gasteiger partial charge is 0.251 e. The standard InChI is InChI=1S/C13H17FN2O.ClH/c14-10-3-1-2-9(8-10)13(17)16-12-6-4-11(15)5-7-12;/h1-3,8,11-12H,4-7,15H2,(H,16,17);1H. The lowest BCUT2D eigenvalue weighted by Crippen LogP contribution is -2.40. The van der Waals surface area contributed by atoms with E-state index in [2.05, 4.69) is 5.32 Å². The lowest BCUT2D eigenvalue weighted by Gasteiger charge is -2.26. The van der Waals surface area contributed by atoms with Gasteiger partial charge in [-0.25, -0.2) is 4.39 Å². The van der Waals surface area contributed by atoms with Crippen molar-refractivity contribution >= 4 is 18.3 Å². The Bertz CT molecular complexity index is 406. The van der Waals surface area contributed by atoms with Crippen LogP contribution >= 0.6 is 12.4 Å². The molecule has 0 atom stereocenters. The molecule has 2 rings (SSSR count). The van der Waals surface area contributed by atoms with E-state index in [0.717, 1.165) is 25.7 Å². The summed E-state index contributed by atoms with van der Waals surface area (Å²) < 4.78 is 13.0. The van der Waals surface area contributed by atoms with Gasteiger partial charge in [0.25, 0.3) is 5.91 Å². The number of amides is 1. The van der Waals surface area contributed by atoms with Crippen molar-refractivity contribution in [2.24, 2.45) is 5.73 Å². The molecule has 0 spiro atoms. The van der Waals surface area contributed by atoms with E-state index in [1.807, 2.05) is 0 Å². The molecule has 0 heterocycles. The van der Waals surface area contributed by atoms with Crippen LogP contribution in [0.2, 0.25) is 0 Å². The monoisotopic (exact) mass is 272 g/mol. The number of rotatable bonds is 2. The molecule has 0 aromatic heterocycles. The number of benzene rings is 1. The normalized spacial score (nSPS) is 23.0. The Kier molecular flexibility index (Phi) is 5.56. The first kappa shape index (κ1) is 14.9. The fourth-order valence-electron chi connectivity index (χ4n) is 2.16. The minimum atomic E-state index is -0.386. The SMILES string of the molecule is Cl.NC1CCC(NC(=O)c2cccc(F)c2)CC1. The van der Waals surface area contributed by atoms with Crippen molar-refractivity contribution in [3.05, 3.63) is 35.6 Å². The molecule has 3 nitrogen and oxygen atoms in total. The number of carbonyl (C=O) groups is 1. The Labute approximate surface area is 112 Å². The molecule has 1 aromatic rings. The Morgan fingerprint density at radius 1 is 1.28 bits per heavy atom. The highest BCUT2D eigenvalue weighted by molar-refractivity contribution is 5.94. The van der Waals surface area contributed by atoms with Gasteiger partial charge in [0.2, 0.25) is 0 Å². The van der Waals surface area contributed by atoms with Crippen molar-refractivity contribution in [2.75, 3.05) is 0 Å². The van der Waals surface area contributed by atoms with Gasteiger partial charge in [-0.15, -0.1) is 12.4 Å². The second-order valence-corrected chi connectivity index (χ2v) is 4.60. The van der Waals surface area contributed by atoms with Gasteiger partial charge in [-0.3, -0.25) is 4.79 Å². The molecule has 3 N–H and O–H groups in total. The topological polar surface area (TPSA) is 55.1 Å². The minimum Gasteiger partial charge on any atom is -0.349 e. The number of carbonyl (C=O) groups excluding carboxylic acids is 1. The van der Waals surface area contributed by atoms with Crippen LogP contribution in [0.5, 0.6) is 0 Å². The molecular formula is C13H18ClFN2O. The summed E-state index contributed by atoms with van der Waals surface area (Å²) in [4.78, 5) is 11.8. The first-order chi connectivity index (χ1) is 8.15. The summed E-state index contributed by atoms with van der Waals surface area (Å²) in [5.74, 6) is -0.590. The zero-order valence-electron chi connectivity index (χ0n) is 10.1. The van der Waals surface area contributed by atoms with E-state index in [-0.39, 0.29) is 36.2 Å². The molecule has 1 saturated carbocycles. The van der Waals surface area contributed by atoms with E-state index in [9.17, 15) is 9.18 Å². The Morgan fingerprint density at radius 3 is 2.56 bits per heavy atom. The lowest BCUT2D eigenvalue weighted by atomic mass is 9.91. The van der Waals surface area contributed by atoms with Gasteiger partial charge >= 0.3 is 0 Å². The Morgan fingerprint density at radius 2 is 1.94 bits per heavy atom. The van der Waals surface area contributed by atoms with Crippen LogP contribution in [-0.2, 0) is 0 Å². The van der Waals surface area contributed by atoms with Gasteiger partial charge in [-0.05, 0) is 43.9 Å². The fourth-order valence-corrected chi connectivity index (χ4v) is 2.16. The highest BCUT2D eigenvalue weighted by atomic mass is 35.5. The third kappa shape index (κ3) is 3.96. The van der Waals surface area contributed by atoms with E-state index in [4.69, 9.17) is 5.73 Å². The first-order valence-corrected chi connectivity index (χ1v) is 5.97. The summed E-state index contributed by atoms with van der Waals surface area (Å²) in [6.45, 7) is 0. The molecule has 1 fully saturated rings. The van der Waals surface area contributed by atoms with E-state index >= 15 is 0 Å². The fraction of sp³-hybridized carbons (Fsp3) is 0.462. The highest BCUT2D eigenvalue weighted by Crippen LogP contribution is 2.17. The van der Waals surface area contributed by atoms with E-state index in [1.165, 1.54) is 12.1 Å². The zero-order valence-corrected chi connectivity index (χ0v) is 10.9. The van der Waals surface area contributed by atoms with Crippen LogP contribution in [0.25, 0.3) is 0 Å². The average Bonchev–Trinajstić information content (AvgIpc) is 2.32. The van der Waals surface area contributed by atoms with Crippen molar-refractivity contribution in [3.63, 3.8) is 0 Å². The third-order valence-corrected chi connectivity index (χ3v) is 3.19. The van der Waals surface area contributed by atoms with Crippen LogP contribution in [0.15, 0.2) is 24.3 Å². The van der Waals surface area contributed by atoms with Crippen molar-refractivity contribution in [3.8, 4) is 0 Å². The van der Waals surface area contributed by atoms with Crippen LogP contribution in [-0.4, -0.2) is 18.0 Å². The van der Waals surface area contributed by atoms with Crippen molar-refractivity contribution in [2.45, 2.75) is 37.8 Å². The summed E-state index contributed by atoms with van der Waals surface area (Å²) >= 11 is 0.